The van der Waals surface area contributed by atoms with Crippen molar-refractivity contribution < 1.29 is 4.79 Å². The van der Waals surface area contributed by atoms with Crippen LogP contribution in [-0.2, 0) is 11.2 Å². The molecule has 1 amide bonds. The monoisotopic (exact) mass is 348 g/mol. The van der Waals surface area contributed by atoms with Gasteiger partial charge in [0.15, 0.2) is 12.2 Å². The second kappa shape index (κ2) is 6.54. The van der Waals surface area contributed by atoms with E-state index in [0.29, 0.717) is 11.6 Å². The van der Waals surface area contributed by atoms with Gasteiger partial charge >= 0.3 is 0 Å². The first kappa shape index (κ1) is 15.6. The predicted octanol–water partition coefficient (Wildman–Crippen LogP) is 3.39. The molecule has 4 rings (SSSR count). The smallest absolute Gasteiger partial charge is 0.257 e. The van der Waals surface area contributed by atoms with E-state index < -0.39 is 6.04 Å². The summed E-state index contributed by atoms with van der Waals surface area (Å²) < 4.78 is 1.01. The van der Waals surface area contributed by atoms with Crippen molar-refractivity contribution in [2.75, 3.05) is 11.4 Å². The number of rotatable bonds is 3. The molecular weight excluding hydrogens is 332 g/mol. The van der Waals surface area contributed by atoms with E-state index in [4.69, 9.17) is 5.26 Å². The first-order valence-electron chi connectivity index (χ1n) is 8.17. The minimum absolute atomic E-state index is 0.132. The van der Waals surface area contributed by atoms with Gasteiger partial charge in [0.2, 0.25) is 0 Å². The highest BCUT2D eigenvalue weighted by Crippen LogP contribution is 2.32. The zero-order chi connectivity index (χ0) is 17.2. The van der Waals surface area contributed by atoms with E-state index in [0.717, 1.165) is 28.7 Å². The molecule has 0 spiro atoms. The molecule has 2 heterocycles. The number of amides is 1. The molecule has 25 heavy (non-hydrogen) atoms. The molecule has 0 aliphatic carbocycles. The van der Waals surface area contributed by atoms with Crippen LogP contribution in [0.1, 0.15) is 23.0 Å². The number of carbonyl (C=O) groups excluding carboxylic acids is 1. The summed E-state index contributed by atoms with van der Waals surface area (Å²) in [5.74, 6) is -0.132. The molecule has 1 N–H and O–H groups in total. The number of nitrogens with zero attached hydrogens (tertiary/aromatic N) is 3. The van der Waals surface area contributed by atoms with Crippen LogP contribution in [0.4, 0.5) is 5.69 Å². The van der Waals surface area contributed by atoms with Crippen molar-refractivity contribution in [1.82, 2.24) is 10.3 Å². The van der Waals surface area contributed by atoms with Crippen molar-refractivity contribution in [3.63, 3.8) is 0 Å². The van der Waals surface area contributed by atoms with Crippen molar-refractivity contribution in [3.05, 3.63) is 59.1 Å². The number of para-hydroxylation sites is 2. The number of anilines is 1. The third kappa shape index (κ3) is 2.83. The molecule has 1 aliphatic rings. The molecule has 124 valence electrons. The van der Waals surface area contributed by atoms with E-state index in [2.05, 4.69) is 16.4 Å². The van der Waals surface area contributed by atoms with Crippen LogP contribution in [-0.4, -0.2) is 17.4 Å². The van der Waals surface area contributed by atoms with Gasteiger partial charge in [-0.15, -0.1) is 11.3 Å². The first-order valence-corrected chi connectivity index (χ1v) is 8.99. The van der Waals surface area contributed by atoms with Crippen molar-refractivity contribution in [1.29, 1.82) is 5.26 Å². The third-order valence-electron chi connectivity index (χ3n) is 4.39. The fourth-order valence-electron chi connectivity index (χ4n) is 3.23. The van der Waals surface area contributed by atoms with E-state index in [9.17, 15) is 4.79 Å². The van der Waals surface area contributed by atoms with Gasteiger partial charge in [-0.25, -0.2) is 4.98 Å². The molecule has 5 nitrogen and oxygen atoms in total. The number of nitrogens with one attached hydrogen (secondary N) is 1. The minimum Gasteiger partial charge on any atom is -0.310 e. The Bertz CT molecular complexity index is 942. The average Bonchev–Trinajstić information content (AvgIpc) is 3.09. The minimum atomic E-state index is -0.756. The van der Waals surface area contributed by atoms with E-state index in [-0.39, 0.29) is 5.91 Å². The van der Waals surface area contributed by atoms with Crippen LogP contribution in [0.5, 0.6) is 0 Å². The van der Waals surface area contributed by atoms with E-state index in [1.54, 1.807) is 4.90 Å². The maximum atomic E-state index is 13.2. The maximum Gasteiger partial charge on any atom is 0.257 e. The Morgan fingerprint density at radius 3 is 2.88 bits per heavy atom. The van der Waals surface area contributed by atoms with Gasteiger partial charge in [0, 0.05) is 12.2 Å². The quantitative estimate of drug-likeness (QED) is 0.582. The van der Waals surface area contributed by atoms with Crippen LogP contribution in [0.25, 0.3) is 10.2 Å². The summed E-state index contributed by atoms with van der Waals surface area (Å²) in [4.78, 5) is 19.5. The fraction of sp³-hybridized carbons (Fsp3) is 0.211. The summed E-state index contributed by atoms with van der Waals surface area (Å²) in [5.41, 5.74) is 2.95. The number of thiazole rings is 1. The van der Waals surface area contributed by atoms with Gasteiger partial charge in [-0.05, 0) is 36.6 Å². The molecule has 2 aromatic carbocycles. The highest BCUT2D eigenvalue weighted by molar-refractivity contribution is 7.18. The Morgan fingerprint density at radius 2 is 2.04 bits per heavy atom. The lowest BCUT2D eigenvalue weighted by atomic mass is 10.0. The summed E-state index contributed by atoms with van der Waals surface area (Å²) in [6.07, 6.45) is 3.81. The van der Waals surface area contributed by atoms with Gasteiger partial charge in [0.1, 0.15) is 5.01 Å². The van der Waals surface area contributed by atoms with Crippen molar-refractivity contribution in [3.8, 4) is 6.19 Å². The molecular formula is C19H16N4OS. The predicted molar refractivity (Wildman–Crippen MR) is 98.2 cm³/mol. The number of hydrogen-bond donors (Lipinski definition) is 1. The molecule has 0 bridgehead atoms. The van der Waals surface area contributed by atoms with Crippen LogP contribution in [0.2, 0.25) is 0 Å². The average molecular weight is 348 g/mol. The molecule has 0 radical (unpaired) electrons. The number of aromatic nitrogens is 1. The highest BCUT2D eigenvalue weighted by Gasteiger charge is 2.31. The lowest BCUT2D eigenvalue weighted by Gasteiger charge is -2.31. The van der Waals surface area contributed by atoms with Gasteiger partial charge in [0.05, 0.1) is 10.2 Å². The van der Waals surface area contributed by atoms with Gasteiger partial charge in [-0.3, -0.25) is 4.79 Å². The molecule has 1 aromatic heterocycles. The first-order chi connectivity index (χ1) is 12.3. The number of aryl methyl sites for hydroxylation is 1. The Kier molecular flexibility index (Phi) is 4.08. The zero-order valence-corrected chi connectivity index (χ0v) is 14.3. The van der Waals surface area contributed by atoms with Crippen molar-refractivity contribution in [2.45, 2.75) is 18.9 Å². The van der Waals surface area contributed by atoms with E-state index >= 15 is 0 Å². The summed E-state index contributed by atoms with van der Waals surface area (Å²) >= 11 is 1.45. The molecule has 1 aliphatic heterocycles. The fourth-order valence-corrected chi connectivity index (χ4v) is 4.24. The van der Waals surface area contributed by atoms with Crippen LogP contribution in [0, 0.1) is 11.5 Å². The second-order valence-corrected chi connectivity index (χ2v) is 6.99. The van der Waals surface area contributed by atoms with Gasteiger partial charge in [-0.2, -0.15) is 5.26 Å². The number of carbonyl (C=O) groups is 1. The van der Waals surface area contributed by atoms with Crippen LogP contribution in [0.3, 0.4) is 0 Å². The lowest BCUT2D eigenvalue weighted by molar-refractivity contribution is -0.120. The van der Waals surface area contributed by atoms with Crippen LogP contribution in [0.15, 0.2) is 48.5 Å². The molecule has 0 fully saturated rings. The summed E-state index contributed by atoms with van der Waals surface area (Å²) in [6, 6.07) is 14.9. The van der Waals surface area contributed by atoms with E-state index in [1.165, 1.54) is 16.9 Å². The summed E-state index contributed by atoms with van der Waals surface area (Å²) in [5, 5.41) is 12.4. The standard InChI is InChI=1S/C19H16N4OS/c20-12-21-17(18-22-14-8-2-4-10-16(14)25-18)19(24)23-11-5-7-13-6-1-3-9-15(13)23/h1-4,6,8-10,17,21H,5,7,11H2. The summed E-state index contributed by atoms with van der Waals surface area (Å²) in [7, 11) is 0. The molecule has 1 unspecified atom stereocenters. The number of benzene rings is 2. The Balaban J connectivity index is 1.72. The molecule has 3 aromatic rings. The third-order valence-corrected chi connectivity index (χ3v) is 5.49. The molecule has 0 saturated heterocycles. The molecule has 6 heteroatoms. The van der Waals surface area contributed by atoms with Gasteiger partial charge in [0.25, 0.3) is 5.91 Å². The lowest BCUT2D eigenvalue weighted by Crippen LogP contribution is -2.42. The number of nitriles is 1. The zero-order valence-electron chi connectivity index (χ0n) is 13.5. The Labute approximate surface area is 149 Å². The highest BCUT2D eigenvalue weighted by atomic mass is 32.1. The van der Waals surface area contributed by atoms with Crippen LogP contribution < -0.4 is 10.2 Å². The molecule has 0 saturated carbocycles. The van der Waals surface area contributed by atoms with Crippen LogP contribution >= 0.6 is 11.3 Å². The normalized spacial score (nSPS) is 14.6. The van der Waals surface area contributed by atoms with Crippen molar-refractivity contribution in [2.24, 2.45) is 0 Å². The SMILES string of the molecule is N#CNC(C(=O)N1CCCc2ccccc21)c1nc2ccccc2s1. The Morgan fingerprint density at radius 1 is 1.24 bits per heavy atom. The summed E-state index contributed by atoms with van der Waals surface area (Å²) in [6.45, 7) is 0.657. The topological polar surface area (TPSA) is 69.0 Å². The maximum absolute atomic E-state index is 13.2. The van der Waals surface area contributed by atoms with Gasteiger partial charge in [-0.1, -0.05) is 30.3 Å². The Hall–Kier alpha value is -2.91. The second-order valence-electron chi connectivity index (χ2n) is 5.93. The van der Waals surface area contributed by atoms with E-state index in [1.807, 2.05) is 48.7 Å². The number of fused-ring (bicyclic) bond motifs is 2. The number of hydrogen-bond acceptors (Lipinski definition) is 5. The van der Waals surface area contributed by atoms with Gasteiger partial charge < -0.3 is 10.2 Å². The van der Waals surface area contributed by atoms with Crippen molar-refractivity contribution >= 4 is 33.1 Å². The largest absolute Gasteiger partial charge is 0.310 e. The molecule has 1 atom stereocenters.